The van der Waals surface area contributed by atoms with Gasteiger partial charge in [-0.05, 0) is 69.1 Å². The Hall–Kier alpha value is -2.57. The monoisotopic (exact) mass is 468 g/mol. The normalized spacial score (nSPS) is 17.5. The molecular formula is C26H33ClN4O2. The van der Waals surface area contributed by atoms with E-state index in [4.69, 9.17) is 11.6 Å². The van der Waals surface area contributed by atoms with Crippen LogP contribution in [0.2, 0.25) is 5.02 Å². The molecule has 2 N–H and O–H groups in total. The predicted octanol–water partition coefficient (Wildman–Crippen LogP) is 3.95. The Morgan fingerprint density at radius 2 is 1.67 bits per heavy atom. The minimum Gasteiger partial charge on any atom is -0.371 e. The van der Waals surface area contributed by atoms with E-state index in [2.05, 4.69) is 20.4 Å². The minimum atomic E-state index is -0.0931. The first-order chi connectivity index (χ1) is 16.1. The second-order valence-corrected chi connectivity index (χ2v) is 9.36. The Morgan fingerprint density at radius 1 is 0.909 bits per heavy atom. The highest BCUT2D eigenvalue weighted by Gasteiger charge is 2.24. The van der Waals surface area contributed by atoms with Crippen LogP contribution in [0.4, 0.5) is 5.69 Å². The molecule has 33 heavy (non-hydrogen) atoms. The van der Waals surface area contributed by atoms with Crippen molar-refractivity contribution < 1.29 is 9.59 Å². The molecular weight excluding hydrogens is 436 g/mol. The molecule has 4 rings (SSSR count). The molecule has 176 valence electrons. The van der Waals surface area contributed by atoms with E-state index in [1.165, 1.54) is 19.3 Å². The maximum absolute atomic E-state index is 12.9. The predicted molar refractivity (Wildman–Crippen MR) is 133 cm³/mol. The van der Waals surface area contributed by atoms with E-state index in [1.54, 1.807) is 24.3 Å². The Balaban J connectivity index is 1.29. The van der Waals surface area contributed by atoms with Gasteiger partial charge in [0.1, 0.15) is 0 Å². The van der Waals surface area contributed by atoms with Gasteiger partial charge in [0.2, 0.25) is 0 Å². The van der Waals surface area contributed by atoms with Crippen LogP contribution in [0.5, 0.6) is 0 Å². The minimum absolute atomic E-state index is 0.0148. The summed E-state index contributed by atoms with van der Waals surface area (Å²) in [7, 11) is 0. The summed E-state index contributed by atoms with van der Waals surface area (Å²) in [6.07, 6.45) is 5.49. The van der Waals surface area contributed by atoms with Crippen LogP contribution in [-0.4, -0.2) is 62.0 Å². The number of para-hydroxylation sites is 1. The zero-order valence-corrected chi connectivity index (χ0v) is 19.8. The number of hydrogen-bond acceptors (Lipinski definition) is 4. The van der Waals surface area contributed by atoms with Gasteiger partial charge in [0.05, 0.1) is 5.56 Å². The van der Waals surface area contributed by atoms with Crippen LogP contribution in [0.25, 0.3) is 0 Å². The van der Waals surface area contributed by atoms with Crippen LogP contribution in [-0.2, 0) is 0 Å². The Morgan fingerprint density at radius 3 is 2.42 bits per heavy atom. The smallest absolute Gasteiger partial charge is 0.253 e. The van der Waals surface area contributed by atoms with E-state index in [9.17, 15) is 9.59 Å². The van der Waals surface area contributed by atoms with Crippen molar-refractivity contribution in [1.29, 1.82) is 0 Å². The first-order valence-corrected chi connectivity index (χ1v) is 12.4. The molecule has 7 heteroatoms. The molecule has 6 nitrogen and oxygen atoms in total. The van der Waals surface area contributed by atoms with Crippen molar-refractivity contribution in [2.45, 2.75) is 38.1 Å². The number of piperidine rings is 2. The summed E-state index contributed by atoms with van der Waals surface area (Å²) in [5.41, 5.74) is 2.27. The Bertz CT molecular complexity index is 953. The van der Waals surface area contributed by atoms with Crippen molar-refractivity contribution in [2.24, 2.45) is 0 Å². The number of halogens is 1. The number of likely N-dealkylation sites (tertiary alicyclic amines) is 1. The third-order valence-corrected chi connectivity index (χ3v) is 6.80. The quantitative estimate of drug-likeness (QED) is 0.645. The summed E-state index contributed by atoms with van der Waals surface area (Å²) in [5, 5.41) is 6.79. The van der Waals surface area contributed by atoms with Crippen molar-refractivity contribution in [3.63, 3.8) is 0 Å². The third-order valence-electron chi connectivity index (χ3n) is 6.57. The van der Waals surface area contributed by atoms with Crippen molar-refractivity contribution in [3.05, 3.63) is 64.7 Å². The van der Waals surface area contributed by atoms with E-state index in [1.807, 2.05) is 24.3 Å². The highest BCUT2D eigenvalue weighted by Crippen LogP contribution is 2.24. The van der Waals surface area contributed by atoms with Crippen LogP contribution < -0.4 is 15.5 Å². The molecule has 2 aliphatic heterocycles. The summed E-state index contributed by atoms with van der Waals surface area (Å²) in [4.78, 5) is 30.1. The van der Waals surface area contributed by atoms with Gasteiger partial charge >= 0.3 is 0 Å². The third kappa shape index (κ3) is 6.49. The molecule has 0 atom stereocenters. The maximum Gasteiger partial charge on any atom is 0.253 e. The van der Waals surface area contributed by atoms with Crippen LogP contribution in [0.3, 0.4) is 0 Å². The largest absolute Gasteiger partial charge is 0.371 e. The lowest BCUT2D eigenvalue weighted by molar-refractivity contribution is 0.0929. The van der Waals surface area contributed by atoms with Gasteiger partial charge in [-0.15, -0.1) is 0 Å². The van der Waals surface area contributed by atoms with Gasteiger partial charge in [-0.2, -0.15) is 0 Å². The molecule has 0 radical (unpaired) electrons. The first-order valence-electron chi connectivity index (χ1n) is 12.0. The average molecular weight is 469 g/mol. The van der Waals surface area contributed by atoms with Gasteiger partial charge in [0.15, 0.2) is 0 Å². The summed E-state index contributed by atoms with van der Waals surface area (Å²) >= 11 is 6.01. The molecule has 2 aliphatic rings. The Kier molecular flexibility index (Phi) is 8.24. The SMILES string of the molecule is O=C(NC1CCN(c2ccccc2C(=O)NCCN2CCCCC2)CC1)c1cccc(Cl)c1. The number of amides is 2. The van der Waals surface area contributed by atoms with Crippen molar-refractivity contribution in [1.82, 2.24) is 15.5 Å². The molecule has 2 heterocycles. The fraction of sp³-hybridized carbons (Fsp3) is 0.462. The van der Waals surface area contributed by atoms with Crippen LogP contribution in [0, 0.1) is 0 Å². The summed E-state index contributed by atoms with van der Waals surface area (Å²) < 4.78 is 0. The lowest BCUT2D eigenvalue weighted by atomic mass is 10.0. The average Bonchev–Trinajstić information content (AvgIpc) is 2.85. The van der Waals surface area contributed by atoms with Gasteiger partial charge in [0, 0.05) is 48.5 Å². The van der Waals surface area contributed by atoms with Gasteiger partial charge in [-0.1, -0.05) is 36.2 Å². The first kappa shape index (κ1) is 23.6. The standard InChI is InChI=1S/C26H33ClN4O2/c27-21-8-6-7-20(19-21)25(32)29-22-11-16-31(17-12-22)24-10-3-2-9-23(24)26(33)28-13-18-30-14-4-1-5-15-30/h2-3,6-10,19,22H,1,4-5,11-18H2,(H,28,33)(H,29,32). The second-order valence-electron chi connectivity index (χ2n) is 8.92. The van der Waals surface area contributed by atoms with Crippen molar-refractivity contribution in [3.8, 4) is 0 Å². The molecule has 0 unspecified atom stereocenters. The van der Waals surface area contributed by atoms with Gasteiger partial charge < -0.3 is 20.4 Å². The molecule has 2 aromatic carbocycles. The molecule has 2 aromatic rings. The number of nitrogens with zero attached hydrogens (tertiary/aromatic N) is 2. The molecule has 0 aliphatic carbocycles. The van der Waals surface area contributed by atoms with Gasteiger partial charge in [-0.3, -0.25) is 9.59 Å². The molecule has 0 spiro atoms. The zero-order valence-electron chi connectivity index (χ0n) is 19.1. The Labute approximate surface area is 201 Å². The van der Waals surface area contributed by atoms with E-state index < -0.39 is 0 Å². The second kappa shape index (κ2) is 11.5. The van der Waals surface area contributed by atoms with E-state index in [0.29, 0.717) is 17.1 Å². The summed E-state index contributed by atoms with van der Waals surface area (Å²) in [6, 6.07) is 14.9. The number of anilines is 1. The fourth-order valence-electron chi connectivity index (χ4n) is 4.71. The molecule has 0 aromatic heterocycles. The number of carbonyl (C=O) groups is 2. The summed E-state index contributed by atoms with van der Waals surface area (Å²) in [5.74, 6) is -0.108. The van der Waals surface area contributed by atoms with Crippen LogP contribution >= 0.6 is 11.6 Å². The summed E-state index contributed by atoms with van der Waals surface area (Å²) in [6.45, 7) is 5.43. The maximum atomic E-state index is 12.9. The lowest BCUT2D eigenvalue weighted by Gasteiger charge is -2.35. The number of hydrogen-bond donors (Lipinski definition) is 2. The number of benzene rings is 2. The highest BCUT2D eigenvalue weighted by molar-refractivity contribution is 6.30. The molecule has 2 saturated heterocycles. The van der Waals surface area contributed by atoms with Crippen molar-refractivity contribution >= 4 is 29.1 Å². The number of rotatable bonds is 7. The topological polar surface area (TPSA) is 64.7 Å². The molecule has 2 fully saturated rings. The van der Waals surface area contributed by atoms with E-state index in [0.717, 1.165) is 56.8 Å². The van der Waals surface area contributed by atoms with Crippen LogP contribution in [0.15, 0.2) is 48.5 Å². The van der Waals surface area contributed by atoms with Gasteiger partial charge in [0.25, 0.3) is 11.8 Å². The molecule has 0 saturated carbocycles. The number of nitrogens with one attached hydrogen (secondary N) is 2. The zero-order chi connectivity index (χ0) is 23.0. The number of carbonyl (C=O) groups excluding carboxylic acids is 2. The van der Waals surface area contributed by atoms with Crippen molar-refractivity contribution in [2.75, 3.05) is 44.2 Å². The van der Waals surface area contributed by atoms with Crippen LogP contribution in [0.1, 0.15) is 52.8 Å². The molecule has 0 bridgehead atoms. The fourth-order valence-corrected chi connectivity index (χ4v) is 4.90. The lowest BCUT2D eigenvalue weighted by Crippen LogP contribution is -2.45. The molecule has 2 amide bonds. The highest BCUT2D eigenvalue weighted by atomic mass is 35.5. The van der Waals surface area contributed by atoms with E-state index in [-0.39, 0.29) is 17.9 Å². The van der Waals surface area contributed by atoms with Gasteiger partial charge in [-0.25, -0.2) is 0 Å². The van der Waals surface area contributed by atoms with E-state index >= 15 is 0 Å².